The summed E-state index contributed by atoms with van der Waals surface area (Å²) < 4.78 is 7.50. The van der Waals surface area contributed by atoms with Crippen LogP contribution in [0.15, 0.2) is 35.1 Å². The number of pyridine rings is 1. The van der Waals surface area contributed by atoms with E-state index in [0.29, 0.717) is 11.3 Å². The van der Waals surface area contributed by atoms with E-state index in [1.807, 2.05) is 6.07 Å². The van der Waals surface area contributed by atoms with Gasteiger partial charge in [0.25, 0.3) is 0 Å². The van der Waals surface area contributed by atoms with Gasteiger partial charge in [-0.1, -0.05) is 0 Å². The number of fused-ring (bicyclic) bond motifs is 1. The number of hydrogen-bond donors (Lipinski definition) is 2. The van der Waals surface area contributed by atoms with Crippen molar-refractivity contribution in [1.29, 1.82) is 0 Å². The fraction of sp³-hybridized carbons (Fsp3) is 0.133. The zero-order chi connectivity index (χ0) is 14.3. The summed E-state index contributed by atoms with van der Waals surface area (Å²) in [7, 11) is 1.46. The van der Waals surface area contributed by atoms with Gasteiger partial charge in [-0.05, 0) is 0 Å². The monoisotopic (exact) mass is 335 g/mol. The van der Waals surface area contributed by atoms with Crippen LogP contribution in [-0.2, 0) is 0 Å². The molecule has 4 nitrogen and oxygen atoms in total. The molecule has 20 heavy (non-hydrogen) atoms. The maximum atomic E-state index is 12.3. The molecule has 2 heterocycles. The number of nitrogens with one attached hydrogen (secondary N) is 1. The number of methoxy groups -OCH3 is 1. The molecule has 5 heteroatoms. The standard InChI is InChI=1S/C15H13NO3Se/c1-8-3-6-13(20-8)10-7-11(17)14-9(16-10)4-5-12(19-2)15(14)18/h3-7,18H,1-2H3,(H,16,17). The molecular weight excluding hydrogens is 321 g/mol. The fourth-order valence-corrected chi connectivity index (χ4v) is 3.95. The van der Waals surface area contributed by atoms with Crippen LogP contribution < -0.4 is 10.2 Å². The molecule has 3 aromatic rings. The molecule has 0 unspecified atom stereocenters. The molecule has 0 spiro atoms. The first-order valence-electron chi connectivity index (χ1n) is 6.10. The molecule has 0 amide bonds. The first-order chi connectivity index (χ1) is 9.60. The molecule has 0 bridgehead atoms. The van der Waals surface area contributed by atoms with E-state index in [4.69, 9.17) is 4.74 Å². The summed E-state index contributed by atoms with van der Waals surface area (Å²) in [6, 6.07) is 9.05. The number of aromatic nitrogens is 1. The van der Waals surface area contributed by atoms with E-state index in [0.717, 1.165) is 10.1 Å². The Morgan fingerprint density at radius 3 is 2.70 bits per heavy atom. The fourth-order valence-electron chi connectivity index (χ4n) is 2.19. The van der Waals surface area contributed by atoms with Gasteiger partial charge in [0.1, 0.15) is 0 Å². The van der Waals surface area contributed by atoms with Gasteiger partial charge in [0.2, 0.25) is 0 Å². The van der Waals surface area contributed by atoms with Crippen molar-refractivity contribution >= 4 is 25.4 Å². The predicted octanol–water partition coefficient (Wildman–Crippen LogP) is 2.27. The average Bonchev–Trinajstić information content (AvgIpc) is 2.85. The van der Waals surface area contributed by atoms with Crippen molar-refractivity contribution < 1.29 is 9.84 Å². The Balaban J connectivity index is 2.28. The summed E-state index contributed by atoms with van der Waals surface area (Å²) in [5.41, 5.74) is 1.23. The van der Waals surface area contributed by atoms with Gasteiger partial charge in [0.15, 0.2) is 0 Å². The first-order valence-corrected chi connectivity index (χ1v) is 7.81. The van der Waals surface area contributed by atoms with Crippen molar-refractivity contribution in [3.8, 4) is 21.6 Å². The van der Waals surface area contributed by atoms with E-state index in [1.54, 1.807) is 18.2 Å². The van der Waals surface area contributed by atoms with Crippen LogP contribution in [0, 0.1) is 6.92 Å². The van der Waals surface area contributed by atoms with Crippen LogP contribution >= 0.6 is 0 Å². The third-order valence-electron chi connectivity index (χ3n) is 3.16. The van der Waals surface area contributed by atoms with Crippen molar-refractivity contribution in [2.45, 2.75) is 6.92 Å². The number of aromatic hydroxyl groups is 1. The van der Waals surface area contributed by atoms with Gasteiger partial charge in [-0.25, -0.2) is 0 Å². The van der Waals surface area contributed by atoms with Crippen molar-refractivity contribution in [2.24, 2.45) is 0 Å². The number of benzene rings is 1. The summed E-state index contributed by atoms with van der Waals surface area (Å²) in [6.07, 6.45) is 0. The van der Waals surface area contributed by atoms with Crippen LogP contribution in [-0.4, -0.2) is 31.7 Å². The van der Waals surface area contributed by atoms with Crippen LogP contribution in [0.5, 0.6) is 11.5 Å². The molecule has 0 aliphatic carbocycles. The second kappa shape index (κ2) is 4.85. The van der Waals surface area contributed by atoms with E-state index in [9.17, 15) is 9.90 Å². The quantitative estimate of drug-likeness (QED) is 0.707. The number of aryl methyl sites for hydroxylation is 1. The maximum absolute atomic E-state index is 12.3. The zero-order valence-electron chi connectivity index (χ0n) is 11.1. The van der Waals surface area contributed by atoms with Gasteiger partial charge in [-0.3, -0.25) is 0 Å². The summed E-state index contributed by atoms with van der Waals surface area (Å²) in [6.45, 7) is 2.08. The minimum atomic E-state index is -0.202. The molecule has 102 valence electrons. The van der Waals surface area contributed by atoms with Crippen molar-refractivity contribution in [2.75, 3.05) is 7.11 Å². The zero-order valence-corrected chi connectivity index (χ0v) is 12.8. The van der Waals surface area contributed by atoms with E-state index < -0.39 is 0 Å². The van der Waals surface area contributed by atoms with Crippen LogP contribution in [0.25, 0.3) is 21.0 Å². The third-order valence-corrected chi connectivity index (χ3v) is 5.33. The molecule has 0 fully saturated rings. The van der Waals surface area contributed by atoms with E-state index in [-0.39, 0.29) is 31.1 Å². The molecule has 0 atom stereocenters. The van der Waals surface area contributed by atoms with Crippen LogP contribution in [0.1, 0.15) is 4.44 Å². The Hall–Kier alpha value is -1.97. The van der Waals surface area contributed by atoms with Gasteiger partial charge < -0.3 is 0 Å². The Morgan fingerprint density at radius 1 is 1.25 bits per heavy atom. The second-order valence-electron chi connectivity index (χ2n) is 4.50. The van der Waals surface area contributed by atoms with Crippen LogP contribution in [0.3, 0.4) is 0 Å². The number of rotatable bonds is 2. The summed E-state index contributed by atoms with van der Waals surface area (Å²) in [5.74, 6) is 0.190. The molecule has 0 aliphatic heterocycles. The SMILES string of the molecule is COc1ccc2[nH]c(-c3ccc(C)[se]3)cc(=O)c2c1O. The molecule has 0 radical (unpaired) electrons. The number of hydrogen-bond acceptors (Lipinski definition) is 3. The molecule has 0 aliphatic rings. The van der Waals surface area contributed by atoms with Crippen molar-refractivity contribution in [3.63, 3.8) is 0 Å². The number of aromatic amines is 1. The van der Waals surface area contributed by atoms with E-state index in [2.05, 4.69) is 18.0 Å². The Morgan fingerprint density at radius 2 is 2.05 bits per heavy atom. The summed E-state index contributed by atoms with van der Waals surface area (Å²) in [4.78, 5) is 15.5. The first kappa shape index (κ1) is 13.0. The number of ether oxygens (including phenoxy) is 1. The number of phenolic OH excluding ortho intramolecular Hbond substituents is 1. The molecular formula is C15H13NO3Se. The van der Waals surface area contributed by atoms with Gasteiger partial charge in [-0.2, -0.15) is 0 Å². The average molecular weight is 334 g/mol. The van der Waals surface area contributed by atoms with Gasteiger partial charge in [0.05, 0.1) is 0 Å². The summed E-state index contributed by atoms with van der Waals surface area (Å²) >= 11 is 0.255. The van der Waals surface area contributed by atoms with Crippen LogP contribution in [0.2, 0.25) is 0 Å². The number of phenols is 1. The number of H-pyrrole nitrogens is 1. The second-order valence-corrected chi connectivity index (χ2v) is 7.20. The molecule has 1 aromatic carbocycles. The normalized spacial score (nSPS) is 10.9. The van der Waals surface area contributed by atoms with Gasteiger partial charge in [-0.15, -0.1) is 0 Å². The Bertz CT molecular complexity index is 848. The minimum absolute atomic E-state index is 0.113. The molecule has 0 saturated carbocycles. The van der Waals surface area contributed by atoms with Crippen molar-refractivity contribution in [1.82, 2.24) is 4.98 Å². The Kier molecular flexibility index (Phi) is 3.16. The molecule has 3 rings (SSSR count). The van der Waals surface area contributed by atoms with Gasteiger partial charge >= 0.3 is 121 Å². The molecule has 2 N–H and O–H groups in total. The topological polar surface area (TPSA) is 62.3 Å². The Labute approximate surface area is 121 Å². The predicted molar refractivity (Wildman–Crippen MR) is 79.9 cm³/mol. The molecule has 2 aromatic heterocycles. The van der Waals surface area contributed by atoms with Gasteiger partial charge in [0, 0.05) is 0 Å². The van der Waals surface area contributed by atoms with E-state index >= 15 is 0 Å². The summed E-state index contributed by atoms with van der Waals surface area (Å²) in [5, 5.41) is 10.3. The molecule has 0 saturated heterocycles. The third kappa shape index (κ3) is 2.05. The van der Waals surface area contributed by atoms with E-state index in [1.165, 1.54) is 11.5 Å². The van der Waals surface area contributed by atoms with Crippen LogP contribution in [0.4, 0.5) is 0 Å². The van der Waals surface area contributed by atoms with Crippen molar-refractivity contribution in [3.05, 3.63) is 45.0 Å².